The van der Waals surface area contributed by atoms with Gasteiger partial charge < -0.3 is 13.9 Å². The minimum atomic E-state index is -0.338. The van der Waals surface area contributed by atoms with Crippen LogP contribution in [0, 0.1) is 0 Å². The number of ether oxygens (including phenoxy) is 2. The van der Waals surface area contributed by atoms with E-state index in [2.05, 4.69) is 39.2 Å². The van der Waals surface area contributed by atoms with Gasteiger partial charge in [-0.1, -0.05) is 84.4 Å². The third kappa shape index (κ3) is 5.47. The normalized spacial score (nSPS) is 11.6. The predicted octanol–water partition coefficient (Wildman–Crippen LogP) is 9.24. The van der Waals surface area contributed by atoms with Gasteiger partial charge in [-0.15, -0.1) is 0 Å². The first-order valence-electron chi connectivity index (χ1n) is 14.3. The highest BCUT2D eigenvalue weighted by Gasteiger charge is 2.20. The zero-order valence-corrected chi connectivity index (χ0v) is 26.4. The zero-order chi connectivity index (χ0) is 30.9. The van der Waals surface area contributed by atoms with Crippen molar-refractivity contribution >= 4 is 66.4 Å². The summed E-state index contributed by atoms with van der Waals surface area (Å²) in [5.41, 5.74) is 2.49. The molecule has 0 N–H and O–H groups in total. The standard InChI is InChI=1S/C36H25BrClN3O4/c1-2-43-30-19-25(32(37)33(38)34(30)44-21-24-13-9-12-22-10-3-5-14-26(22)24)20-39-41-35(31-18-23-11-4-8-17-29(23)45-31)40-28-16-7-6-15-27(28)36(41)42/h3-20H,2,21H2,1H3. The second kappa shape index (κ2) is 12.2. The summed E-state index contributed by atoms with van der Waals surface area (Å²) in [6.07, 6.45) is 1.54. The smallest absolute Gasteiger partial charge is 0.282 e. The predicted molar refractivity (Wildman–Crippen MR) is 183 cm³/mol. The fourth-order valence-electron chi connectivity index (χ4n) is 5.27. The molecule has 7 rings (SSSR count). The molecule has 0 aliphatic rings. The molecule has 7 nitrogen and oxygen atoms in total. The Balaban J connectivity index is 1.29. The molecule has 0 amide bonds. The molecule has 9 heteroatoms. The molecule has 7 aromatic rings. The van der Waals surface area contributed by atoms with Gasteiger partial charge in [0.1, 0.15) is 17.2 Å². The minimum absolute atomic E-state index is 0.272. The minimum Gasteiger partial charge on any atom is -0.490 e. The van der Waals surface area contributed by atoms with Crippen molar-refractivity contribution in [3.8, 4) is 23.1 Å². The maximum absolute atomic E-state index is 13.7. The molecule has 0 atom stereocenters. The molecule has 0 fully saturated rings. The van der Waals surface area contributed by atoms with Gasteiger partial charge >= 0.3 is 0 Å². The van der Waals surface area contributed by atoms with Crippen molar-refractivity contribution in [1.82, 2.24) is 9.66 Å². The number of rotatable bonds is 8. The van der Waals surface area contributed by atoms with E-state index in [1.165, 1.54) is 10.9 Å². The van der Waals surface area contributed by atoms with Crippen LogP contribution in [0.25, 0.3) is 44.2 Å². The summed E-state index contributed by atoms with van der Waals surface area (Å²) in [5.74, 6) is 1.55. The van der Waals surface area contributed by atoms with E-state index in [1.54, 1.807) is 24.3 Å². The fraction of sp³-hybridized carbons (Fsp3) is 0.0833. The van der Waals surface area contributed by atoms with Crippen molar-refractivity contribution in [2.24, 2.45) is 5.10 Å². The maximum Gasteiger partial charge on any atom is 0.282 e. The van der Waals surface area contributed by atoms with Gasteiger partial charge in [0.25, 0.3) is 5.56 Å². The molecule has 0 aliphatic carbocycles. The quantitative estimate of drug-likeness (QED) is 0.150. The molecule has 45 heavy (non-hydrogen) atoms. The molecule has 2 heterocycles. The molecule has 0 radical (unpaired) electrons. The topological polar surface area (TPSA) is 78.9 Å². The lowest BCUT2D eigenvalue weighted by Gasteiger charge is -2.17. The second-order valence-corrected chi connectivity index (χ2v) is 11.4. The summed E-state index contributed by atoms with van der Waals surface area (Å²) in [6, 6.07) is 32.6. The van der Waals surface area contributed by atoms with E-state index in [0.717, 1.165) is 21.7 Å². The summed E-state index contributed by atoms with van der Waals surface area (Å²) in [7, 11) is 0. The third-order valence-electron chi connectivity index (χ3n) is 7.42. The number of aromatic nitrogens is 2. The first-order chi connectivity index (χ1) is 22.0. The van der Waals surface area contributed by atoms with Crippen molar-refractivity contribution < 1.29 is 13.9 Å². The monoisotopic (exact) mass is 677 g/mol. The number of furan rings is 1. The van der Waals surface area contributed by atoms with Gasteiger partial charge in [0, 0.05) is 15.4 Å². The lowest BCUT2D eigenvalue weighted by Crippen LogP contribution is -2.20. The van der Waals surface area contributed by atoms with E-state index in [9.17, 15) is 4.79 Å². The van der Waals surface area contributed by atoms with Gasteiger partial charge in [0.05, 0.1) is 23.7 Å². The van der Waals surface area contributed by atoms with Gasteiger partial charge in [-0.05, 0) is 69.5 Å². The second-order valence-electron chi connectivity index (χ2n) is 10.2. The van der Waals surface area contributed by atoms with Crippen molar-refractivity contribution in [2.45, 2.75) is 13.5 Å². The summed E-state index contributed by atoms with van der Waals surface area (Å²) in [5, 5.41) is 8.48. The van der Waals surface area contributed by atoms with E-state index in [0.29, 0.717) is 62.0 Å². The van der Waals surface area contributed by atoms with E-state index < -0.39 is 0 Å². The molecule has 2 aromatic heterocycles. The SMILES string of the molecule is CCOc1cc(C=Nn2c(-c3cc4ccccc4o3)nc3ccccc3c2=O)c(Br)c(Cl)c1OCc1cccc2ccccc12. The highest BCUT2D eigenvalue weighted by molar-refractivity contribution is 9.10. The van der Waals surface area contributed by atoms with Crippen LogP contribution in [0.2, 0.25) is 5.02 Å². The number of hydrogen-bond donors (Lipinski definition) is 0. The van der Waals surface area contributed by atoms with Crippen LogP contribution >= 0.6 is 27.5 Å². The first kappa shape index (κ1) is 28.8. The van der Waals surface area contributed by atoms with Gasteiger partial charge in [0.2, 0.25) is 5.82 Å². The number of halogens is 2. The highest BCUT2D eigenvalue weighted by Crippen LogP contribution is 2.43. The van der Waals surface area contributed by atoms with Crippen LogP contribution in [0.15, 0.2) is 122 Å². The Kier molecular flexibility index (Phi) is 7.83. The lowest BCUT2D eigenvalue weighted by atomic mass is 10.1. The van der Waals surface area contributed by atoms with Crippen LogP contribution < -0.4 is 15.0 Å². The van der Waals surface area contributed by atoms with Crippen LogP contribution in [0.1, 0.15) is 18.1 Å². The maximum atomic E-state index is 13.7. The van der Waals surface area contributed by atoms with Gasteiger partial charge in [-0.25, -0.2) is 4.98 Å². The third-order valence-corrected chi connectivity index (χ3v) is 8.86. The van der Waals surface area contributed by atoms with Gasteiger partial charge in [-0.2, -0.15) is 9.78 Å². The molecule has 0 bridgehead atoms. The number of hydrogen-bond acceptors (Lipinski definition) is 6. The van der Waals surface area contributed by atoms with E-state index in [1.807, 2.05) is 67.6 Å². The molecule has 0 aliphatic heterocycles. The lowest BCUT2D eigenvalue weighted by molar-refractivity contribution is 0.270. The van der Waals surface area contributed by atoms with Crippen molar-refractivity contribution in [3.05, 3.63) is 134 Å². The molecule has 0 spiro atoms. The van der Waals surface area contributed by atoms with E-state index in [4.69, 9.17) is 30.5 Å². The number of benzene rings is 5. The Morgan fingerprint density at radius 3 is 2.47 bits per heavy atom. The molecular weight excluding hydrogens is 654 g/mol. The van der Waals surface area contributed by atoms with Crippen molar-refractivity contribution in [2.75, 3.05) is 6.61 Å². The Bertz CT molecular complexity index is 2270. The van der Waals surface area contributed by atoms with Crippen LogP contribution in [0.3, 0.4) is 0 Å². The van der Waals surface area contributed by atoms with Gasteiger partial charge in [0.15, 0.2) is 17.3 Å². The van der Waals surface area contributed by atoms with E-state index >= 15 is 0 Å². The average Bonchev–Trinajstić information content (AvgIpc) is 3.50. The molecule has 0 saturated carbocycles. The first-order valence-corrected chi connectivity index (χ1v) is 15.5. The average molecular weight is 679 g/mol. The number of nitrogens with zero attached hydrogens (tertiary/aromatic N) is 3. The summed E-state index contributed by atoms with van der Waals surface area (Å²) in [6.45, 7) is 2.57. The van der Waals surface area contributed by atoms with E-state index in [-0.39, 0.29) is 11.4 Å². The molecule has 0 unspecified atom stereocenters. The molecule has 5 aromatic carbocycles. The molecule has 222 valence electrons. The van der Waals surface area contributed by atoms with Crippen molar-refractivity contribution in [1.29, 1.82) is 0 Å². The number of para-hydroxylation sites is 2. The van der Waals surface area contributed by atoms with Crippen LogP contribution in [-0.2, 0) is 6.61 Å². The van der Waals surface area contributed by atoms with Crippen molar-refractivity contribution in [3.63, 3.8) is 0 Å². The highest BCUT2D eigenvalue weighted by atomic mass is 79.9. The van der Waals surface area contributed by atoms with Crippen LogP contribution in [0.5, 0.6) is 11.5 Å². The summed E-state index contributed by atoms with van der Waals surface area (Å²) < 4.78 is 20.1. The Morgan fingerprint density at radius 1 is 0.911 bits per heavy atom. The van der Waals surface area contributed by atoms with Crippen LogP contribution in [-0.4, -0.2) is 22.5 Å². The number of fused-ring (bicyclic) bond motifs is 3. The fourth-order valence-corrected chi connectivity index (χ4v) is 5.92. The van der Waals surface area contributed by atoms with Crippen LogP contribution in [0.4, 0.5) is 0 Å². The zero-order valence-electron chi connectivity index (χ0n) is 24.0. The Labute approximate surface area is 271 Å². The summed E-state index contributed by atoms with van der Waals surface area (Å²) >= 11 is 10.5. The summed E-state index contributed by atoms with van der Waals surface area (Å²) in [4.78, 5) is 18.5. The van der Waals surface area contributed by atoms with Gasteiger partial charge in [-0.3, -0.25) is 4.79 Å². The Hall–Kier alpha value is -4.92. The molecular formula is C36H25BrClN3O4. The Morgan fingerprint density at radius 2 is 1.64 bits per heavy atom. The molecule has 0 saturated heterocycles. The largest absolute Gasteiger partial charge is 0.490 e.